The highest BCUT2D eigenvalue weighted by molar-refractivity contribution is 6.11. The minimum Gasteiger partial charge on any atom is -0.481 e. The zero-order valence-corrected chi connectivity index (χ0v) is 35.0. The van der Waals surface area contributed by atoms with Crippen LogP contribution in [0.15, 0.2) is 84.9 Å². The maximum atomic E-state index is 14.0. The number of aryl methyl sites for hydroxylation is 2. The minimum atomic E-state index is -1.00. The van der Waals surface area contributed by atoms with Gasteiger partial charge in [-0.15, -0.1) is 0 Å². The van der Waals surface area contributed by atoms with Crippen LogP contribution in [0.5, 0.6) is 0 Å². The molecule has 0 spiro atoms. The average molecular weight is 820 g/mol. The summed E-state index contributed by atoms with van der Waals surface area (Å²) in [5.41, 5.74) is 4.60. The third kappa shape index (κ3) is 12.9. The van der Waals surface area contributed by atoms with E-state index < -0.39 is 17.8 Å². The van der Waals surface area contributed by atoms with Crippen LogP contribution >= 0.6 is 0 Å². The maximum absolute atomic E-state index is 14.0. The van der Waals surface area contributed by atoms with Gasteiger partial charge in [0.05, 0.1) is 17.7 Å². The fourth-order valence-electron chi connectivity index (χ4n) is 7.23. The zero-order valence-electron chi connectivity index (χ0n) is 35.0. The largest absolute Gasteiger partial charge is 0.481 e. The van der Waals surface area contributed by atoms with Crippen molar-refractivity contribution in [3.05, 3.63) is 118 Å². The Morgan fingerprint density at radius 2 is 1.38 bits per heavy atom. The Morgan fingerprint density at radius 3 is 2.00 bits per heavy atom. The Morgan fingerprint density at radius 1 is 0.733 bits per heavy atom. The van der Waals surface area contributed by atoms with Crippen LogP contribution in [0.4, 0.5) is 17.2 Å². The summed E-state index contributed by atoms with van der Waals surface area (Å²) >= 11 is 0. The standard InChI is InChI=1S/C46H57N7O7/c1-5-38(6-2)53(29-26-51(4)41(54)22-23-42(55)56)31-34-8-7-9-36(30-34)44(57)48-39-20-21-40(52-27-24-50(3)25-28-52)49-43(39)45(58)47-37-18-14-33(15-19-37)11-10-32-12-16-35(17-13-32)46(59)60/h7-9,12-21,30,38H,5-6,10-11,22-29,31H2,1-4H3,(H,47,58)(H,48,57)(H,55,56)(H,59,60). The molecule has 4 N–H and O–H groups in total. The highest BCUT2D eigenvalue weighted by Gasteiger charge is 2.23. The molecule has 14 heteroatoms. The number of carbonyl (C=O) groups is 5. The molecule has 0 atom stereocenters. The van der Waals surface area contributed by atoms with E-state index in [0.717, 1.165) is 68.6 Å². The van der Waals surface area contributed by atoms with Gasteiger partial charge in [-0.25, -0.2) is 9.78 Å². The lowest BCUT2D eigenvalue weighted by Gasteiger charge is -2.33. The van der Waals surface area contributed by atoms with Crippen molar-refractivity contribution in [1.82, 2.24) is 19.7 Å². The molecule has 318 valence electrons. The molecule has 1 fully saturated rings. The lowest BCUT2D eigenvalue weighted by molar-refractivity contribution is -0.140. The first-order chi connectivity index (χ1) is 28.8. The van der Waals surface area contributed by atoms with Gasteiger partial charge in [-0.05, 0) is 98.0 Å². The molecule has 14 nitrogen and oxygen atoms in total. The molecule has 3 aromatic carbocycles. The highest BCUT2D eigenvalue weighted by Crippen LogP contribution is 2.24. The second-order valence-corrected chi connectivity index (χ2v) is 15.3. The number of pyridine rings is 1. The SMILES string of the molecule is CCC(CC)N(CCN(C)C(=O)CCC(=O)O)Cc1cccc(C(=O)Nc2ccc(N3CCN(C)CC3)nc2C(=O)Nc2ccc(CCc3ccc(C(=O)O)cc3)cc2)c1. The number of aromatic nitrogens is 1. The molecule has 1 aromatic heterocycles. The molecule has 0 radical (unpaired) electrons. The Kier molecular flexibility index (Phi) is 16.3. The van der Waals surface area contributed by atoms with Crippen molar-refractivity contribution in [3.8, 4) is 0 Å². The van der Waals surface area contributed by atoms with Gasteiger partial charge in [-0.1, -0.05) is 50.2 Å². The van der Waals surface area contributed by atoms with Crippen molar-refractivity contribution in [2.45, 2.75) is 65.0 Å². The normalized spacial score (nSPS) is 13.0. The number of hydrogen-bond donors (Lipinski definition) is 4. The summed E-state index contributed by atoms with van der Waals surface area (Å²) in [7, 11) is 3.76. The summed E-state index contributed by atoms with van der Waals surface area (Å²) in [6.07, 6.45) is 3.00. The number of piperazine rings is 1. The molecular weight excluding hydrogens is 763 g/mol. The second-order valence-electron chi connectivity index (χ2n) is 15.3. The first kappa shape index (κ1) is 45.0. The van der Waals surface area contributed by atoms with Gasteiger partial charge >= 0.3 is 11.9 Å². The summed E-state index contributed by atoms with van der Waals surface area (Å²) in [4.78, 5) is 75.6. The molecule has 5 rings (SSSR count). The lowest BCUT2D eigenvalue weighted by atomic mass is 10.0. The van der Waals surface area contributed by atoms with Crippen molar-refractivity contribution >= 4 is 46.9 Å². The first-order valence-electron chi connectivity index (χ1n) is 20.6. The van der Waals surface area contributed by atoms with Gasteiger partial charge in [0, 0.05) is 76.6 Å². The summed E-state index contributed by atoms with van der Waals surface area (Å²) in [5, 5.41) is 24.1. The monoisotopic (exact) mass is 819 g/mol. The first-order valence-corrected chi connectivity index (χ1v) is 20.6. The lowest BCUT2D eigenvalue weighted by Crippen LogP contribution is -2.45. The van der Waals surface area contributed by atoms with Crippen molar-refractivity contribution in [2.24, 2.45) is 0 Å². The number of nitrogens with one attached hydrogen (secondary N) is 2. The molecule has 3 amide bonds. The van der Waals surface area contributed by atoms with Crippen LogP contribution < -0.4 is 15.5 Å². The van der Waals surface area contributed by atoms with Crippen LogP contribution in [0.1, 0.15) is 87.4 Å². The predicted octanol–water partition coefficient (Wildman–Crippen LogP) is 6.14. The van der Waals surface area contributed by atoms with Gasteiger partial charge in [-0.2, -0.15) is 0 Å². The molecule has 1 aliphatic heterocycles. The van der Waals surface area contributed by atoms with Crippen molar-refractivity contribution in [1.29, 1.82) is 0 Å². The fourth-order valence-corrected chi connectivity index (χ4v) is 7.23. The van der Waals surface area contributed by atoms with Crippen molar-refractivity contribution in [3.63, 3.8) is 0 Å². The number of carbonyl (C=O) groups excluding carboxylic acids is 3. The van der Waals surface area contributed by atoms with E-state index in [1.54, 1.807) is 36.2 Å². The van der Waals surface area contributed by atoms with Crippen LogP contribution in [0.2, 0.25) is 0 Å². The number of aromatic carboxylic acids is 1. The third-order valence-electron chi connectivity index (χ3n) is 11.0. The summed E-state index contributed by atoms with van der Waals surface area (Å²) < 4.78 is 0. The molecule has 60 heavy (non-hydrogen) atoms. The second kappa shape index (κ2) is 21.8. The molecule has 1 aliphatic rings. The Balaban J connectivity index is 1.29. The third-order valence-corrected chi connectivity index (χ3v) is 11.0. The summed E-state index contributed by atoms with van der Waals surface area (Å²) in [6.45, 7) is 9.00. The van der Waals surface area contributed by atoms with E-state index in [9.17, 15) is 24.0 Å². The van der Waals surface area contributed by atoms with Crippen molar-refractivity contribution < 1.29 is 34.2 Å². The van der Waals surface area contributed by atoms with Crippen LogP contribution in [0.25, 0.3) is 0 Å². The molecule has 0 aliphatic carbocycles. The summed E-state index contributed by atoms with van der Waals surface area (Å²) in [5.74, 6) is -2.38. The van der Waals surface area contributed by atoms with Crippen LogP contribution in [-0.2, 0) is 29.0 Å². The number of nitrogens with zero attached hydrogens (tertiary/aromatic N) is 5. The van der Waals surface area contributed by atoms with Crippen LogP contribution in [0.3, 0.4) is 0 Å². The van der Waals surface area contributed by atoms with E-state index in [-0.39, 0.29) is 47.6 Å². The number of carboxylic acid groups (broad SMARTS) is 2. The average Bonchev–Trinajstić information content (AvgIpc) is 3.25. The fraction of sp³-hybridized carbons (Fsp3) is 0.391. The number of rotatable bonds is 20. The Hall–Kier alpha value is -6.12. The molecule has 0 unspecified atom stereocenters. The van der Waals surface area contributed by atoms with Gasteiger partial charge in [0.15, 0.2) is 5.69 Å². The Labute approximate surface area is 352 Å². The number of likely N-dealkylation sites (N-methyl/N-ethyl adjacent to an activating group) is 2. The van der Waals surface area contributed by atoms with Gasteiger partial charge in [0.2, 0.25) is 5.91 Å². The minimum absolute atomic E-state index is 0.0461. The molecular formula is C46H57N7O7. The van der Waals surface area contributed by atoms with Crippen LogP contribution in [0, 0.1) is 0 Å². The highest BCUT2D eigenvalue weighted by atomic mass is 16.4. The number of hydrogen-bond acceptors (Lipinski definition) is 9. The smallest absolute Gasteiger partial charge is 0.335 e. The molecule has 1 saturated heterocycles. The molecule has 4 aromatic rings. The number of benzene rings is 3. The van der Waals surface area contributed by atoms with Gasteiger partial charge < -0.3 is 35.5 Å². The number of anilines is 3. The van der Waals surface area contributed by atoms with E-state index in [0.29, 0.717) is 36.7 Å². The topological polar surface area (TPSA) is 176 Å². The molecule has 2 heterocycles. The van der Waals surface area contributed by atoms with Gasteiger partial charge in [0.25, 0.3) is 11.8 Å². The Bertz CT molecular complexity index is 2100. The summed E-state index contributed by atoms with van der Waals surface area (Å²) in [6, 6.07) is 25.5. The van der Waals surface area contributed by atoms with Crippen molar-refractivity contribution in [2.75, 3.05) is 68.9 Å². The molecule has 0 saturated carbocycles. The van der Waals surface area contributed by atoms with E-state index in [1.165, 1.54) is 0 Å². The van der Waals surface area contributed by atoms with Gasteiger partial charge in [-0.3, -0.25) is 24.1 Å². The number of carboxylic acids is 2. The number of aliphatic carboxylic acids is 1. The number of amides is 3. The maximum Gasteiger partial charge on any atom is 0.335 e. The molecule has 0 bridgehead atoms. The van der Waals surface area contributed by atoms with E-state index in [2.05, 4.69) is 46.2 Å². The van der Waals surface area contributed by atoms with Crippen LogP contribution in [-0.4, -0.2) is 119 Å². The van der Waals surface area contributed by atoms with E-state index in [1.807, 2.05) is 60.7 Å². The van der Waals surface area contributed by atoms with E-state index in [4.69, 9.17) is 15.2 Å². The van der Waals surface area contributed by atoms with Gasteiger partial charge in [0.1, 0.15) is 5.82 Å². The zero-order chi connectivity index (χ0) is 43.2. The predicted molar refractivity (Wildman–Crippen MR) is 233 cm³/mol. The van der Waals surface area contributed by atoms with E-state index >= 15 is 0 Å². The quantitative estimate of drug-likeness (QED) is 0.0807.